The average Bonchev–Trinajstić information content (AvgIpc) is 2.33. The highest BCUT2D eigenvalue weighted by Crippen LogP contribution is 2.15. The highest BCUT2D eigenvalue weighted by molar-refractivity contribution is 6.45. The third kappa shape index (κ3) is 3.29. The molecule has 4 N–H and O–H groups in total. The molecule has 0 heterocycles. The Hall–Kier alpha value is -2.93. The summed E-state index contributed by atoms with van der Waals surface area (Å²) >= 11 is 0. The number of hydrogen-bond donors (Lipinski definition) is 3. The zero-order valence-corrected chi connectivity index (χ0v) is 9.24. The van der Waals surface area contributed by atoms with Gasteiger partial charge in [0.25, 0.3) is 0 Å². The van der Waals surface area contributed by atoms with Crippen molar-refractivity contribution in [3.63, 3.8) is 0 Å². The van der Waals surface area contributed by atoms with Gasteiger partial charge in [0.2, 0.25) is 5.71 Å². The Labute approximate surface area is 103 Å². The van der Waals surface area contributed by atoms with Crippen molar-refractivity contribution in [3.05, 3.63) is 29.6 Å². The molecule has 0 unspecified atom stereocenters. The van der Waals surface area contributed by atoms with Gasteiger partial charge in [0.05, 0.1) is 18.2 Å². The van der Waals surface area contributed by atoms with E-state index in [1.165, 1.54) is 18.2 Å². The van der Waals surface area contributed by atoms with E-state index in [0.29, 0.717) is 5.69 Å². The lowest BCUT2D eigenvalue weighted by Gasteiger charge is -2.04. The second-order valence-electron chi connectivity index (χ2n) is 3.24. The van der Waals surface area contributed by atoms with Gasteiger partial charge in [0.1, 0.15) is 11.9 Å². The molecule has 90 valence electrons. The van der Waals surface area contributed by atoms with E-state index >= 15 is 0 Å². The van der Waals surface area contributed by atoms with Gasteiger partial charge < -0.3 is 5.73 Å². The molecule has 7 heteroatoms. The SMILES string of the molecule is N#CCc1cc(N/N=C(\C#N)C(=N)N)ccc1F. The van der Waals surface area contributed by atoms with Crippen LogP contribution in [0.15, 0.2) is 23.3 Å². The maximum absolute atomic E-state index is 13.2. The standard InChI is InChI=1S/C11H9FN6/c12-9-2-1-8(5-7(9)3-4-13)17-18-10(6-14)11(15)16/h1-2,5,17H,3H2,(H3,15,16)/b18-10+. The minimum atomic E-state index is -0.488. The van der Waals surface area contributed by atoms with Crippen LogP contribution in [-0.4, -0.2) is 11.5 Å². The molecule has 0 aliphatic heterocycles. The Morgan fingerprint density at radius 2 is 2.22 bits per heavy atom. The van der Waals surface area contributed by atoms with E-state index in [0.717, 1.165) is 0 Å². The number of hydrogen-bond acceptors (Lipinski definition) is 5. The summed E-state index contributed by atoms with van der Waals surface area (Å²) in [5, 5.41) is 27.8. The van der Waals surface area contributed by atoms with Crippen molar-refractivity contribution < 1.29 is 4.39 Å². The van der Waals surface area contributed by atoms with Crippen molar-refractivity contribution in [1.29, 1.82) is 15.9 Å². The number of amidine groups is 1. The summed E-state index contributed by atoms with van der Waals surface area (Å²) < 4.78 is 13.2. The van der Waals surface area contributed by atoms with Crippen molar-refractivity contribution >= 4 is 17.2 Å². The predicted molar refractivity (Wildman–Crippen MR) is 64.3 cm³/mol. The lowest BCUT2D eigenvalue weighted by molar-refractivity contribution is 0.615. The normalized spacial score (nSPS) is 10.3. The molecule has 0 amide bonds. The minimum absolute atomic E-state index is 0.0666. The second kappa shape index (κ2) is 5.97. The highest BCUT2D eigenvalue weighted by Gasteiger charge is 2.04. The van der Waals surface area contributed by atoms with E-state index in [1.807, 2.05) is 6.07 Å². The molecule has 0 spiro atoms. The molecule has 0 saturated carbocycles. The quantitative estimate of drug-likeness (QED) is 0.417. The molecule has 0 aliphatic rings. The monoisotopic (exact) mass is 244 g/mol. The summed E-state index contributed by atoms with van der Waals surface area (Å²) in [6, 6.07) is 7.45. The molecule has 0 atom stereocenters. The summed E-state index contributed by atoms with van der Waals surface area (Å²) in [4.78, 5) is 0. The van der Waals surface area contributed by atoms with Crippen LogP contribution in [0.1, 0.15) is 5.56 Å². The fourth-order valence-electron chi connectivity index (χ4n) is 1.13. The highest BCUT2D eigenvalue weighted by atomic mass is 19.1. The van der Waals surface area contributed by atoms with Gasteiger partial charge in [-0.1, -0.05) is 0 Å². The smallest absolute Gasteiger partial charge is 0.201 e. The Morgan fingerprint density at radius 1 is 1.50 bits per heavy atom. The molecule has 0 bridgehead atoms. The lowest BCUT2D eigenvalue weighted by atomic mass is 10.1. The summed E-state index contributed by atoms with van der Waals surface area (Å²) in [6.07, 6.45) is -0.0666. The predicted octanol–water partition coefficient (Wildman–Crippen LogP) is 1.12. The first-order valence-corrected chi connectivity index (χ1v) is 4.82. The molecule has 6 nitrogen and oxygen atoms in total. The number of nitrogens with two attached hydrogens (primary N) is 1. The van der Waals surface area contributed by atoms with Crippen LogP contribution in [-0.2, 0) is 6.42 Å². The van der Waals surface area contributed by atoms with Gasteiger partial charge in [0, 0.05) is 5.56 Å². The summed E-state index contributed by atoms with van der Waals surface area (Å²) in [5.41, 5.74) is 7.91. The molecule has 1 aromatic rings. The van der Waals surface area contributed by atoms with Gasteiger partial charge in [-0.3, -0.25) is 10.8 Å². The number of halogens is 1. The third-order valence-electron chi connectivity index (χ3n) is 1.97. The van der Waals surface area contributed by atoms with E-state index < -0.39 is 11.7 Å². The van der Waals surface area contributed by atoms with Crippen LogP contribution >= 0.6 is 0 Å². The van der Waals surface area contributed by atoms with E-state index in [4.69, 9.17) is 21.7 Å². The van der Waals surface area contributed by atoms with Crippen LogP contribution in [0.25, 0.3) is 0 Å². The second-order valence-corrected chi connectivity index (χ2v) is 3.24. The van der Waals surface area contributed by atoms with Crippen LogP contribution in [0.2, 0.25) is 0 Å². The number of benzene rings is 1. The molecule has 0 saturated heterocycles. The zero-order valence-electron chi connectivity index (χ0n) is 9.24. The van der Waals surface area contributed by atoms with Crippen molar-refractivity contribution in [2.24, 2.45) is 10.8 Å². The molecule has 1 rings (SSSR count). The van der Waals surface area contributed by atoms with Crippen LogP contribution in [0.4, 0.5) is 10.1 Å². The zero-order chi connectivity index (χ0) is 13.5. The van der Waals surface area contributed by atoms with E-state index in [2.05, 4.69) is 10.5 Å². The van der Waals surface area contributed by atoms with E-state index in [9.17, 15) is 4.39 Å². The largest absolute Gasteiger partial charge is 0.382 e. The van der Waals surface area contributed by atoms with E-state index in [1.54, 1.807) is 6.07 Å². The number of rotatable bonds is 4. The van der Waals surface area contributed by atoms with Crippen molar-refractivity contribution in [2.75, 3.05) is 5.43 Å². The Balaban J connectivity index is 2.93. The number of nitrogens with one attached hydrogen (secondary N) is 2. The summed E-state index contributed by atoms with van der Waals surface area (Å²) in [5.74, 6) is -0.956. The van der Waals surface area contributed by atoms with Crippen LogP contribution in [0, 0.1) is 33.9 Å². The van der Waals surface area contributed by atoms with Gasteiger partial charge >= 0.3 is 0 Å². The molecule has 0 aliphatic carbocycles. The Bertz CT molecular complexity index is 578. The van der Waals surface area contributed by atoms with E-state index in [-0.39, 0.29) is 17.7 Å². The first-order valence-electron chi connectivity index (χ1n) is 4.82. The summed E-state index contributed by atoms with van der Waals surface area (Å²) in [7, 11) is 0. The topological polar surface area (TPSA) is 122 Å². The number of hydrazone groups is 1. The van der Waals surface area contributed by atoms with Crippen molar-refractivity contribution in [2.45, 2.75) is 6.42 Å². The molecule has 1 aromatic carbocycles. The van der Waals surface area contributed by atoms with Gasteiger partial charge in [-0.05, 0) is 18.2 Å². The Morgan fingerprint density at radius 3 is 2.78 bits per heavy atom. The van der Waals surface area contributed by atoms with Gasteiger partial charge in [-0.25, -0.2) is 4.39 Å². The average molecular weight is 244 g/mol. The first kappa shape index (κ1) is 13.1. The summed E-state index contributed by atoms with van der Waals surface area (Å²) in [6.45, 7) is 0. The molecule has 0 radical (unpaired) electrons. The number of nitriles is 2. The lowest BCUT2D eigenvalue weighted by Crippen LogP contribution is -2.21. The first-order chi connectivity index (χ1) is 8.58. The van der Waals surface area contributed by atoms with Crippen LogP contribution in [0.3, 0.4) is 0 Å². The molecule has 18 heavy (non-hydrogen) atoms. The Kier molecular flexibility index (Phi) is 4.35. The fraction of sp³-hybridized carbons (Fsp3) is 0.0909. The number of nitrogens with zero attached hydrogens (tertiary/aromatic N) is 3. The van der Waals surface area contributed by atoms with Crippen LogP contribution in [0.5, 0.6) is 0 Å². The fourth-order valence-corrected chi connectivity index (χ4v) is 1.13. The maximum atomic E-state index is 13.2. The van der Waals surface area contributed by atoms with Crippen molar-refractivity contribution in [1.82, 2.24) is 0 Å². The van der Waals surface area contributed by atoms with Gasteiger partial charge in [-0.15, -0.1) is 0 Å². The number of anilines is 1. The molecular weight excluding hydrogens is 235 g/mol. The third-order valence-corrected chi connectivity index (χ3v) is 1.97. The maximum Gasteiger partial charge on any atom is 0.201 e. The van der Waals surface area contributed by atoms with Crippen molar-refractivity contribution in [3.8, 4) is 12.1 Å². The molecular formula is C11H9FN6. The van der Waals surface area contributed by atoms with Crippen LogP contribution < -0.4 is 11.2 Å². The van der Waals surface area contributed by atoms with Gasteiger partial charge in [0.15, 0.2) is 5.84 Å². The molecule has 0 fully saturated rings. The minimum Gasteiger partial charge on any atom is -0.382 e. The molecule has 0 aromatic heterocycles. The van der Waals surface area contributed by atoms with Gasteiger partial charge in [-0.2, -0.15) is 15.6 Å².